The van der Waals surface area contributed by atoms with E-state index in [4.69, 9.17) is 5.73 Å². The van der Waals surface area contributed by atoms with Gasteiger partial charge >= 0.3 is 0 Å². The van der Waals surface area contributed by atoms with E-state index < -0.39 is 11.7 Å². The second-order valence-electron chi connectivity index (χ2n) is 4.72. The molecule has 98 valence electrons. The van der Waals surface area contributed by atoms with Gasteiger partial charge in [0.15, 0.2) is 11.6 Å². The zero-order valence-electron chi connectivity index (χ0n) is 10.3. The molecule has 2 rings (SSSR count). The molecule has 1 aliphatic carbocycles. The lowest BCUT2D eigenvalue weighted by atomic mass is 10.1. The van der Waals surface area contributed by atoms with Gasteiger partial charge < -0.3 is 11.1 Å². The van der Waals surface area contributed by atoms with Crippen molar-refractivity contribution in [1.82, 2.24) is 10.3 Å². The summed E-state index contributed by atoms with van der Waals surface area (Å²) in [6, 6.07) is 1.51. The van der Waals surface area contributed by atoms with Crippen LogP contribution in [0.5, 0.6) is 0 Å². The van der Waals surface area contributed by atoms with Crippen LogP contribution in [0.4, 0.5) is 10.2 Å². The number of pyridine rings is 1. The van der Waals surface area contributed by atoms with Gasteiger partial charge in [-0.15, -0.1) is 0 Å². The van der Waals surface area contributed by atoms with Crippen LogP contribution in [-0.2, 0) is 0 Å². The van der Waals surface area contributed by atoms with Gasteiger partial charge in [0.25, 0.3) is 5.91 Å². The van der Waals surface area contributed by atoms with Crippen LogP contribution in [0.2, 0.25) is 0 Å². The normalized spacial score (nSPS) is 17.2. The first-order chi connectivity index (χ1) is 8.68. The Kier molecular flexibility index (Phi) is 4.12. The first-order valence-electron chi connectivity index (χ1n) is 6.39. The number of carbonyl (C=O) groups excluding carboxylic acids is 1. The number of amides is 1. The van der Waals surface area contributed by atoms with Gasteiger partial charge in [0.1, 0.15) is 0 Å². The molecule has 1 aromatic heterocycles. The molecule has 0 saturated heterocycles. The molecule has 5 heteroatoms. The lowest BCUT2D eigenvalue weighted by Gasteiger charge is -2.16. The SMILES string of the molecule is Nc1nccc(C(=O)NC2CCCCCC2)c1F. The van der Waals surface area contributed by atoms with Gasteiger partial charge in [0.05, 0.1) is 5.56 Å². The summed E-state index contributed by atoms with van der Waals surface area (Å²) in [5.41, 5.74) is 5.33. The fraction of sp³-hybridized carbons (Fsp3) is 0.538. The van der Waals surface area contributed by atoms with Gasteiger partial charge in [0, 0.05) is 12.2 Å². The fourth-order valence-corrected chi connectivity index (χ4v) is 2.32. The topological polar surface area (TPSA) is 68.0 Å². The molecule has 1 amide bonds. The van der Waals surface area contributed by atoms with Crippen LogP contribution in [-0.4, -0.2) is 16.9 Å². The molecule has 0 bridgehead atoms. The van der Waals surface area contributed by atoms with Crippen LogP contribution >= 0.6 is 0 Å². The number of anilines is 1. The van der Waals surface area contributed by atoms with Gasteiger partial charge in [0.2, 0.25) is 0 Å². The maximum atomic E-state index is 13.6. The number of hydrogen-bond acceptors (Lipinski definition) is 3. The van der Waals surface area contributed by atoms with E-state index in [0.717, 1.165) is 25.7 Å². The van der Waals surface area contributed by atoms with Crippen molar-refractivity contribution in [1.29, 1.82) is 0 Å². The van der Waals surface area contributed by atoms with Crippen molar-refractivity contribution >= 4 is 11.7 Å². The van der Waals surface area contributed by atoms with E-state index >= 15 is 0 Å². The molecule has 4 nitrogen and oxygen atoms in total. The van der Waals surface area contributed by atoms with Crippen LogP contribution in [0, 0.1) is 5.82 Å². The van der Waals surface area contributed by atoms with Crippen LogP contribution in [0.1, 0.15) is 48.9 Å². The molecule has 1 fully saturated rings. The molecule has 0 radical (unpaired) electrons. The van der Waals surface area contributed by atoms with E-state index in [-0.39, 0.29) is 17.4 Å². The van der Waals surface area contributed by atoms with Crippen molar-refractivity contribution < 1.29 is 9.18 Å². The highest BCUT2D eigenvalue weighted by molar-refractivity contribution is 5.95. The molecular formula is C13H18FN3O. The van der Waals surface area contributed by atoms with Gasteiger partial charge in [-0.1, -0.05) is 25.7 Å². The summed E-state index contributed by atoms with van der Waals surface area (Å²) in [5.74, 6) is -1.36. The summed E-state index contributed by atoms with van der Waals surface area (Å²) in [5, 5.41) is 2.88. The summed E-state index contributed by atoms with van der Waals surface area (Å²) in [6.45, 7) is 0. The molecular weight excluding hydrogens is 233 g/mol. The number of nitrogens with one attached hydrogen (secondary N) is 1. The fourth-order valence-electron chi connectivity index (χ4n) is 2.32. The minimum absolute atomic E-state index is 0.0215. The van der Waals surface area contributed by atoms with Crippen molar-refractivity contribution in [3.63, 3.8) is 0 Å². The average molecular weight is 251 g/mol. The third-order valence-electron chi connectivity index (χ3n) is 3.35. The first kappa shape index (κ1) is 12.8. The molecule has 18 heavy (non-hydrogen) atoms. The van der Waals surface area contributed by atoms with E-state index in [1.54, 1.807) is 0 Å². The molecule has 0 spiro atoms. The van der Waals surface area contributed by atoms with Crippen LogP contribution < -0.4 is 11.1 Å². The third kappa shape index (κ3) is 2.97. The summed E-state index contributed by atoms with van der Waals surface area (Å²) in [7, 11) is 0. The van der Waals surface area contributed by atoms with Crippen molar-refractivity contribution in [2.24, 2.45) is 0 Å². The second-order valence-corrected chi connectivity index (χ2v) is 4.72. The Labute approximate surface area is 106 Å². The minimum Gasteiger partial charge on any atom is -0.381 e. The number of rotatable bonds is 2. The second kappa shape index (κ2) is 5.80. The quantitative estimate of drug-likeness (QED) is 0.792. The molecule has 3 N–H and O–H groups in total. The van der Waals surface area contributed by atoms with Crippen molar-refractivity contribution in [2.45, 2.75) is 44.6 Å². The van der Waals surface area contributed by atoms with Gasteiger partial charge in [-0.05, 0) is 18.9 Å². The van der Waals surface area contributed by atoms with Crippen molar-refractivity contribution in [3.05, 3.63) is 23.6 Å². The molecule has 0 unspecified atom stereocenters. The largest absolute Gasteiger partial charge is 0.381 e. The summed E-state index contributed by atoms with van der Waals surface area (Å²) in [6.07, 6.45) is 7.94. The van der Waals surface area contributed by atoms with E-state index in [1.807, 2.05) is 0 Å². The summed E-state index contributed by atoms with van der Waals surface area (Å²) in [4.78, 5) is 15.6. The predicted molar refractivity (Wildman–Crippen MR) is 67.6 cm³/mol. The monoisotopic (exact) mass is 251 g/mol. The van der Waals surface area contributed by atoms with Crippen LogP contribution in [0.3, 0.4) is 0 Å². The van der Waals surface area contributed by atoms with E-state index in [1.165, 1.54) is 25.1 Å². The Bertz CT molecular complexity index is 428. The summed E-state index contributed by atoms with van der Waals surface area (Å²) >= 11 is 0. The van der Waals surface area contributed by atoms with Crippen LogP contribution in [0.15, 0.2) is 12.3 Å². The first-order valence-corrected chi connectivity index (χ1v) is 6.39. The smallest absolute Gasteiger partial charge is 0.254 e. The van der Waals surface area contributed by atoms with Gasteiger partial charge in [-0.2, -0.15) is 0 Å². The van der Waals surface area contributed by atoms with Crippen molar-refractivity contribution in [3.8, 4) is 0 Å². The summed E-state index contributed by atoms with van der Waals surface area (Å²) < 4.78 is 13.6. The Balaban J connectivity index is 2.04. The number of nitrogens with two attached hydrogens (primary N) is 1. The zero-order valence-corrected chi connectivity index (χ0v) is 10.3. The highest BCUT2D eigenvalue weighted by Crippen LogP contribution is 2.18. The van der Waals surface area contributed by atoms with E-state index in [0.29, 0.717) is 0 Å². The van der Waals surface area contributed by atoms with Crippen LogP contribution in [0.25, 0.3) is 0 Å². The van der Waals surface area contributed by atoms with Gasteiger partial charge in [-0.25, -0.2) is 9.37 Å². The maximum absolute atomic E-state index is 13.6. The molecule has 0 aliphatic heterocycles. The lowest BCUT2D eigenvalue weighted by Crippen LogP contribution is -2.35. The average Bonchev–Trinajstić information content (AvgIpc) is 2.61. The Morgan fingerprint density at radius 1 is 1.33 bits per heavy atom. The Morgan fingerprint density at radius 2 is 2.00 bits per heavy atom. The predicted octanol–water partition coefficient (Wildman–Crippen LogP) is 2.26. The molecule has 0 aromatic carbocycles. The molecule has 0 atom stereocenters. The standard InChI is InChI=1S/C13H18FN3O/c14-11-10(7-8-16-12(11)15)13(18)17-9-5-3-1-2-4-6-9/h7-9H,1-6H2,(H2,15,16)(H,17,18). The number of halogens is 1. The Hall–Kier alpha value is -1.65. The number of nitrogens with zero attached hydrogens (tertiary/aromatic N) is 1. The number of carbonyl (C=O) groups is 1. The van der Waals surface area contributed by atoms with Gasteiger partial charge in [-0.3, -0.25) is 4.79 Å². The third-order valence-corrected chi connectivity index (χ3v) is 3.35. The van der Waals surface area contributed by atoms with Crippen molar-refractivity contribution in [2.75, 3.05) is 5.73 Å². The molecule has 1 heterocycles. The number of hydrogen-bond donors (Lipinski definition) is 2. The van der Waals surface area contributed by atoms with E-state index in [2.05, 4.69) is 10.3 Å². The van der Waals surface area contributed by atoms with E-state index in [9.17, 15) is 9.18 Å². The molecule has 1 aromatic rings. The lowest BCUT2D eigenvalue weighted by molar-refractivity contribution is 0.0929. The number of nitrogen functional groups attached to an aromatic ring is 1. The highest BCUT2D eigenvalue weighted by Gasteiger charge is 2.19. The number of aromatic nitrogens is 1. The highest BCUT2D eigenvalue weighted by atomic mass is 19.1. The molecule has 1 saturated carbocycles. The molecule has 1 aliphatic rings. The zero-order chi connectivity index (χ0) is 13.0. The maximum Gasteiger partial charge on any atom is 0.254 e. The minimum atomic E-state index is -0.733. The Morgan fingerprint density at radius 3 is 2.67 bits per heavy atom.